The van der Waals surface area contributed by atoms with Crippen LogP contribution < -0.4 is 4.72 Å². The van der Waals surface area contributed by atoms with Gasteiger partial charge in [0.2, 0.25) is 0 Å². The second kappa shape index (κ2) is 5.14. The molecular formula is C11H10ClN3O4S. The van der Waals surface area contributed by atoms with Crippen LogP contribution in [0.2, 0.25) is 5.02 Å². The highest BCUT2D eigenvalue weighted by Gasteiger charge is 2.25. The molecule has 0 saturated heterocycles. The van der Waals surface area contributed by atoms with Crippen molar-refractivity contribution in [2.45, 2.75) is 11.9 Å². The Morgan fingerprint density at radius 2 is 2.15 bits per heavy atom. The van der Waals surface area contributed by atoms with Gasteiger partial charge < -0.3 is 5.11 Å². The third-order valence-electron chi connectivity index (χ3n) is 2.47. The van der Waals surface area contributed by atoms with Gasteiger partial charge in [0, 0.05) is 0 Å². The zero-order valence-electron chi connectivity index (χ0n) is 10.2. The maximum absolute atomic E-state index is 12.1. The summed E-state index contributed by atoms with van der Waals surface area (Å²) in [4.78, 5) is 10.9. The molecule has 0 saturated carbocycles. The van der Waals surface area contributed by atoms with Gasteiger partial charge in [0.25, 0.3) is 10.0 Å². The van der Waals surface area contributed by atoms with Crippen molar-refractivity contribution in [2.75, 3.05) is 4.72 Å². The molecule has 0 aliphatic heterocycles. The SMILES string of the molecule is Cc1ccc(NS(=O)(=O)c2[nH]ncc2C(=O)O)c(Cl)c1. The van der Waals surface area contributed by atoms with Crippen LogP contribution >= 0.6 is 11.6 Å². The highest BCUT2D eigenvalue weighted by atomic mass is 35.5. The lowest BCUT2D eigenvalue weighted by Gasteiger charge is -2.09. The van der Waals surface area contributed by atoms with E-state index in [1.165, 1.54) is 6.07 Å². The predicted molar refractivity (Wildman–Crippen MR) is 72.5 cm³/mol. The van der Waals surface area contributed by atoms with Crippen molar-refractivity contribution >= 4 is 33.3 Å². The molecule has 7 nitrogen and oxygen atoms in total. The van der Waals surface area contributed by atoms with Crippen LogP contribution in [0.3, 0.4) is 0 Å². The number of aromatic amines is 1. The average molecular weight is 316 g/mol. The van der Waals surface area contributed by atoms with Gasteiger partial charge in [-0.2, -0.15) is 13.5 Å². The molecule has 0 atom stereocenters. The van der Waals surface area contributed by atoms with E-state index in [9.17, 15) is 13.2 Å². The van der Waals surface area contributed by atoms with Crippen LogP contribution in [0, 0.1) is 6.92 Å². The summed E-state index contributed by atoms with van der Waals surface area (Å²) < 4.78 is 26.5. The Hall–Kier alpha value is -2.06. The Balaban J connectivity index is 2.41. The van der Waals surface area contributed by atoms with Crippen molar-refractivity contribution in [3.05, 3.63) is 40.5 Å². The smallest absolute Gasteiger partial charge is 0.340 e. The molecule has 0 amide bonds. The van der Waals surface area contributed by atoms with Gasteiger partial charge in [-0.3, -0.25) is 9.82 Å². The van der Waals surface area contributed by atoms with Gasteiger partial charge in [-0.25, -0.2) is 4.79 Å². The van der Waals surface area contributed by atoms with Crippen LogP contribution in [0.1, 0.15) is 15.9 Å². The molecule has 106 valence electrons. The summed E-state index contributed by atoms with van der Waals surface area (Å²) in [6.07, 6.45) is 0.924. The molecular weight excluding hydrogens is 306 g/mol. The Morgan fingerprint density at radius 3 is 2.75 bits per heavy atom. The molecule has 0 bridgehead atoms. The van der Waals surface area contributed by atoms with E-state index in [1.54, 1.807) is 12.1 Å². The first-order valence-corrected chi connectivity index (χ1v) is 7.23. The fourth-order valence-corrected chi connectivity index (χ4v) is 3.04. The summed E-state index contributed by atoms with van der Waals surface area (Å²) in [7, 11) is -4.11. The number of carbonyl (C=O) groups is 1. The number of hydrogen-bond acceptors (Lipinski definition) is 4. The van der Waals surface area contributed by atoms with Gasteiger partial charge in [0.1, 0.15) is 5.56 Å². The number of sulfonamides is 1. The minimum Gasteiger partial charge on any atom is -0.478 e. The van der Waals surface area contributed by atoms with Crippen LogP contribution in [0.25, 0.3) is 0 Å². The van der Waals surface area contributed by atoms with Crippen molar-refractivity contribution < 1.29 is 18.3 Å². The standard InChI is InChI=1S/C11H10ClN3O4S/c1-6-2-3-9(8(12)4-6)15-20(18,19)10-7(11(16)17)5-13-14-10/h2-5,15H,1H3,(H,13,14)(H,16,17). The van der Waals surface area contributed by atoms with Gasteiger partial charge in [0.05, 0.1) is 16.9 Å². The lowest BCUT2D eigenvalue weighted by atomic mass is 10.2. The molecule has 0 fully saturated rings. The number of nitrogens with one attached hydrogen (secondary N) is 2. The van der Waals surface area contributed by atoms with Gasteiger partial charge in [-0.15, -0.1) is 0 Å². The third kappa shape index (κ3) is 2.75. The highest BCUT2D eigenvalue weighted by molar-refractivity contribution is 7.92. The van der Waals surface area contributed by atoms with Crippen LogP contribution in [0.15, 0.2) is 29.4 Å². The Labute approximate surface area is 119 Å². The van der Waals surface area contributed by atoms with E-state index in [1.807, 2.05) is 6.92 Å². The van der Waals surface area contributed by atoms with Crippen LogP contribution in [0.4, 0.5) is 5.69 Å². The molecule has 0 aliphatic carbocycles. The molecule has 3 N–H and O–H groups in total. The molecule has 0 aliphatic rings. The second-order valence-corrected chi connectivity index (χ2v) is 6.03. The highest BCUT2D eigenvalue weighted by Crippen LogP contribution is 2.25. The number of nitrogens with zero attached hydrogens (tertiary/aromatic N) is 1. The maximum atomic E-state index is 12.1. The molecule has 1 aromatic heterocycles. The number of halogens is 1. The number of carboxylic acids is 1. The van der Waals surface area contributed by atoms with Crippen LogP contribution in [0.5, 0.6) is 0 Å². The minimum absolute atomic E-state index is 0.156. The summed E-state index contributed by atoms with van der Waals surface area (Å²) >= 11 is 5.93. The van der Waals surface area contributed by atoms with E-state index in [2.05, 4.69) is 14.9 Å². The molecule has 0 unspecified atom stereocenters. The second-order valence-electron chi connectivity index (χ2n) is 4.01. The maximum Gasteiger partial charge on any atom is 0.340 e. The number of benzene rings is 1. The Bertz CT molecular complexity index is 770. The first-order valence-electron chi connectivity index (χ1n) is 5.37. The number of rotatable bonds is 4. The van der Waals surface area contributed by atoms with Crippen molar-refractivity contribution in [1.29, 1.82) is 0 Å². The molecule has 0 spiro atoms. The van der Waals surface area contributed by atoms with E-state index in [0.717, 1.165) is 11.8 Å². The molecule has 2 rings (SSSR count). The van der Waals surface area contributed by atoms with Crippen molar-refractivity contribution in [2.24, 2.45) is 0 Å². The van der Waals surface area contributed by atoms with Crippen LogP contribution in [-0.4, -0.2) is 29.7 Å². The monoisotopic (exact) mass is 315 g/mol. The van der Waals surface area contributed by atoms with E-state index in [4.69, 9.17) is 16.7 Å². The number of carboxylic acid groups (broad SMARTS) is 1. The fraction of sp³-hybridized carbons (Fsp3) is 0.0909. The molecule has 2 aromatic rings. The van der Waals surface area contributed by atoms with Crippen molar-refractivity contribution in [1.82, 2.24) is 10.2 Å². The number of H-pyrrole nitrogens is 1. The number of anilines is 1. The first kappa shape index (κ1) is 14.4. The topological polar surface area (TPSA) is 112 Å². The van der Waals surface area contributed by atoms with Gasteiger partial charge in [0.15, 0.2) is 5.03 Å². The summed E-state index contributed by atoms with van der Waals surface area (Å²) in [6, 6.07) is 4.76. The van der Waals surface area contributed by atoms with E-state index >= 15 is 0 Å². The normalized spacial score (nSPS) is 11.3. The number of aryl methyl sites for hydroxylation is 1. The summed E-state index contributed by atoms with van der Waals surface area (Å²) in [6.45, 7) is 1.81. The van der Waals surface area contributed by atoms with Crippen molar-refractivity contribution in [3.8, 4) is 0 Å². The fourth-order valence-electron chi connectivity index (χ4n) is 1.53. The van der Waals surface area contributed by atoms with Gasteiger partial charge >= 0.3 is 5.97 Å². The lowest BCUT2D eigenvalue weighted by molar-refractivity contribution is 0.0692. The van der Waals surface area contributed by atoms with Gasteiger partial charge in [-0.1, -0.05) is 17.7 Å². The molecule has 9 heteroatoms. The number of hydrogen-bond donors (Lipinski definition) is 3. The van der Waals surface area contributed by atoms with E-state index in [0.29, 0.717) is 0 Å². The number of aromatic carboxylic acids is 1. The average Bonchev–Trinajstić information content (AvgIpc) is 2.82. The predicted octanol–water partition coefficient (Wildman–Crippen LogP) is 1.87. The van der Waals surface area contributed by atoms with Crippen LogP contribution in [-0.2, 0) is 10.0 Å². The summed E-state index contributed by atoms with van der Waals surface area (Å²) in [5.74, 6) is -1.39. The Kier molecular flexibility index (Phi) is 3.69. The molecule has 1 heterocycles. The minimum atomic E-state index is -4.11. The molecule has 0 radical (unpaired) electrons. The zero-order valence-corrected chi connectivity index (χ0v) is 11.8. The van der Waals surface area contributed by atoms with E-state index in [-0.39, 0.29) is 10.7 Å². The number of aromatic nitrogens is 2. The first-order chi connectivity index (χ1) is 9.31. The third-order valence-corrected chi connectivity index (χ3v) is 4.12. The van der Waals surface area contributed by atoms with Crippen molar-refractivity contribution in [3.63, 3.8) is 0 Å². The largest absolute Gasteiger partial charge is 0.478 e. The molecule has 20 heavy (non-hydrogen) atoms. The summed E-state index contributed by atoms with van der Waals surface area (Å²) in [5.41, 5.74) is 0.578. The van der Waals surface area contributed by atoms with Gasteiger partial charge in [-0.05, 0) is 24.6 Å². The quantitative estimate of drug-likeness (QED) is 0.797. The Morgan fingerprint density at radius 1 is 1.45 bits per heavy atom. The molecule has 1 aromatic carbocycles. The van der Waals surface area contributed by atoms with E-state index < -0.39 is 26.6 Å². The lowest BCUT2D eigenvalue weighted by Crippen LogP contribution is -2.17. The zero-order chi connectivity index (χ0) is 14.9. The summed E-state index contributed by atoms with van der Waals surface area (Å²) in [5, 5.41) is 14.2.